The first kappa shape index (κ1) is 21.4. The fraction of sp³-hybridized carbons (Fsp3) is 0.227. The quantitative estimate of drug-likeness (QED) is 0.588. The minimum absolute atomic E-state index is 0.176. The molecule has 160 valence electrons. The number of aromatic nitrogens is 2. The minimum atomic E-state index is -0.222. The van der Waals surface area contributed by atoms with Crippen molar-refractivity contribution in [3.05, 3.63) is 76.7 Å². The third kappa shape index (κ3) is 5.85. The van der Waals surface area contributed by atoms with Crippen molar-refractivity contribution in [3.8, 4) is 11.5 Å². The number of urea groups is 1. The van der Waals surface area contributed by atoms with Crippen molar-refractivity contribution in [2.75, 3.05) is 31.5 Å². The van der Waals surface area contributed by atoms with Gasteiger partial charge >= 0.3 is 6.03 Å². The van der Waals surface area contributed by atoms with Crippen LogP contribution < -0.4 is 10.1 Å². The van der Waals surface area contributed by atoms with Gasteiger partial charge < -0.3 is 9.64 Å². The molecular formula is C22H21Cl2N5O2. The zero-order valence-corrected chi connectivity index (χ0v) is 18.2. The van der Waals surface area contributed by atoms with E-state index in [9.17, 15) is 4.79 Å². The number of hydrogen-bond acceptors (Lipinski definition) is 5. The average Bonchev–Trinajstić information content (AvgIpc) is 2.78. The first-order chi connectivity index (χ1) is 15.1. The highest BCUT2D eigenvalue weighted by Crippen LogP contribution is 2.24. The van der Waals surface area contributed by atoms with E-state index in [1.807, 2.05) is 30.3 Å². The van der Waals surface area contributed by atoms with Crippen LogP contribution in [0.3, 0.4) is 0 Å². The van der Waals surface area contributed by atoms with Crippen LogP contribution >= 0.6 is 23.2 Å². The highest BCUT2D eigenvalue weighted by Gasteiger charge is 2.22. The topological polar surface area (TPSA) is 70.6 Å². The lowest BCUT2D eigenvalue weighted by Gasteiger charge is -2.34. The summed E-state index contributed by atoms with van der Waals surface area (Å²) in [5, 5.41) is 3.57. The Labute approximate surface area is 190 Å². The van der Waals surface area contributed by atoms with E-state index in [-0.39, 0.29) is 17.0 Å². The van der Waals surface area contributed by atoms with Gasteiger partial charge in [0.15, 0.2) is 11.0 Å². The van der Waals surface area contributed by atoms with Crippen LogP contribution in [0.4, 0.5) is 10.6 Å². The molecule has 0 saturated carbocycles. The zero-order chi connectivity index (χ0) is 21.6. The summed E-state index contributed by atoms with van der Waals surface area (Å²) in [5.41, 5.74) is 1.15. The van der Waals surface area contributed by atoms with Crippen LogP contribution in [0.25, 0.3) is 0 Å². The van der Waals surface area contributed by atoms with E-state index >= 15 is 0 Å². The van der Waals surface area contributed by atoms with Crippen LogP contribution in [0.5, 0.6) is 11.5 Å². The van der Waals surface area contributed by atoms with Gasteiger partial charge in [-0.15, -0.1) is 0 Å². The molecule has 1 saturated heterocycles. The Bertz CT molecular complexity index is 1040. The number of halogens is 2. The SMILES string of the molecule is O=C(Nc1nccnc1Cl)N1CCN(Cc2cccc(Oc3ccc(Cl)cc3)c2)CC1. The molecule has 1 aromatic heterocycles. The molecule has 3 aromatic rings. The molecule has 1 aliphatic rings. The number of nitrogens with zero attached hydrogens (tertiary/aromatic N) is 4. The Hall–Kier alpha value is -2.87. The minimum Gasteiger partial charge on any atom is -0.457 e. The Morgan fingerprint density at radius 1 is 0.968 bits per heavy atom. The fourth-order valence-corrected chi connectivity index (χ4v) is 3.58. The first-order valence-corrected chi connectivity index (χ1v) is 10.6. The number of ether oxygens (including phenoxy) is 1. The summed E-state index contributed by atoms with van der Waals surface area (Å²) in [6, 6.07) is 15.1. The number of anilines is 1. The molecule has 0 bridgehead atoms. The van der Waals surface area contributed by atoms with Crippen LogP contribution in [0.2, 0.25) is 10.2 Å². The smallest absolute Gasteiger partial charge is 0.323 e. The molecule has 0 aliphatic carbocycles. The average molecular weight is 458 g/mol. The summed E-state index contributed by atoms with van der Waals surface area (Å²) in [7, 11) is 0. The second-order valence-corrected chi connectivity index (χ2v) is 7.89. The summed E-state index contributed by atoms with van der Waals surface area (Å²) in [4.78, 5) is 24.5. The van der Waals surface area contributed by atoms with Crippen LogP contribution in [0.1, 0.15) is 5.56 Å². The van der Waals surface area contributed by atoms with Crippen molar-refractivity contribution in [2.45, 2.75) is 6.54 Å². The zero-order valence-electron chi connectivity index (χ0n) is 16.7. The number of amides is 2. The van der Waals surface area contributed by atoms with Crippen molar-refractivity contribution in [1.82, 2.24) is 19.8 Å². The van der Waals surface area contributed by atoms with Gasteiger partial charge in [-0.2, -0.15) is 0 Å². The van der Waals surface area contributed by atoms with E-state index in [0.717, 1.165) is 36.7 Å². The predicted molar refractivity (Wildman–Crippen MR) is 121 cm³/mol. The maximum Gasteiger partial charge on any atom is 0.323 e. The third-order valence-electron chi connectivity index (χ3n) is 4.89. The Morgan fingerprint density at radius 2 is 1.71 bits per heavy atom. The fourth-order valence-electron chi connectivity index (χ4n) is 3.30. The molecule has 1 fully saturated rings. The third-order valence-corrected chi connectivity index (χ3v) is 5.42. The van der Waals surface area contributed by atoms with Gasteiger partial charge in [-0.25, -0.2) is 14.8 Å². The lowest BCUT2D eigenvalue weighted by atomic mass is 10.2. The standard InChI is InChI=1S/C22H21Cl2N5O2/c23-17-4-6-18(7-5-17)31-19-3-1-2-16(14-19)15-28-10-12-29(13-11-28)22(30)27-21-20(24)25-8-9-26-21/h1-9,14H,10-13,15H2,(H,26,27,30). The maximum absolute atomic E-state index is 12.5. The van der Waals surface area contributed by atoms with Crippen LogP contribution in [0.15, 0.2) is 60.9 Å². The largest absolute Gasteiger partial charge is 0.457 e. The van der Waals surface area contributed by atoms with Gasteiger partial charge in [-0.3, -0.25) is 10.2 Å². The second-order valence-electron chi connectivity index (χ2n) is 7.09. The van der Waals surface area contributed by atoms with Crippen LogP contribution in [-0.2, 0) is 6.54 Å². The van der Waals surface area contributed by atoms with Gasteiger partial charge in [-0.05, 0) is 42.0 Å². The van der Waals surface area contributed by atoms with E-state index in [1.165, 1.54) is 12.4 Å². The summed E-state index contributed by atoms with van der Waals surface area (Å²) in [6.07, 6.45) is 2.97. The van der Waals surface area contributed by atoms with E-state index in [4.69, 9.17) is 27.9 Å². The molecule has 2 heterocycles. The molecule has 9 heteroatoms. The molecule has 0 atom stereocenters. The normalized spacial score (nSPS) is 14.3. The van der Waals surface area contributed by atoms with Gasteiger partial charge in [0.05, 0.1) is 0 Å². The second kappa shape index (κ2) is 9.96. The number of carbonyl (C=O) groups excluding carboxylic acids is 1. The maximum atomic E-state index is 12.5. The van der Waals surface area contributed by atoms with Gasteiger partial charge in [-0.1, -0.05) is 35.3 Å². The number of piperazine rings is 1. The lowest BCUT2D eigenvalue weighted by molar-refractivity contribution is 0.143. The van der Waals surface area contributed by atoms with Gasteiger partial charge in [0.1, 0.15) is 11.5 Å². The number of nitrogens with one attached hydrogen (secondary N) is 1. The van der Waals surface area contributed by atoms with Crippen molar-refractivity contribution in [1.29, 1.82) is 0 Å². The van der Waals surface area contributed by atoms with Crippen molar-refractivity contribution in [2.24, 2.45) is 0 Å². The Morgan fingerprint density at radius 3 is 2.45 bits per heavy atom. The number of benzene rings is 2. The molecule has 31 heavy (non-hydrogen) atoms. The predicted octanol–water partition coefficient (Wildman–Crippen LogP) is 4.93. The lowest BCUT2D eigenvalue weighted by Crippen LogP contribution is -2.49. The molecular weight excluding hydrogens is 437 g/mol. The van der Waals surface area contributed by atoms with Crippen LogP contribution in [-0.4, -0.2) is 52.0 Å². The molecule has 0 radical (unpaired) electrons. The van der Waals surface area contributed by atoms with Crippen molar-refractivity contribution in [3.63, 3.8) is 0 Å². The van der Waals surface area contributed by atoms with E-state index < -0.39 is 0 Å². The number of hydrogen-bond donors (Lipinski definition) is 1. The van der Waals surface area contributed by atoms with E-state index in [2.05, 4.69) is 26.3 Å². The first-order valence-electron chi connectivity index (χ1n) is 9.84. The highest BCUT2D eigenvalue weighted by atomic mass is 35.5. The van der Waals surface area contributed by atoms with Gasteiger partial charge in [0.25, 0.3) is 0 Å². The number of carbonyl (C=O) groups is 1. The van der Waals surface area contributed by atoms with Gasteiger partial charge in [0.2, 0.25) is 0 Å². The van der Waals surface area contributed by atoms with E-state index in [0.29, 0.717) is 18.1 Å². The highest BCUT2D eigenvalue weighted by molar-refractivity contribution is 6.32. The Kier molecular flexibility index (Phi) is 6.86. The van der Waals surface area contributed by atoms with Crippen molar-refractivity contribution >= 4 is 35.1 Å². The molecule has 1 N–H and O–H groups in total. The molecule has 1 aliphatic heterocycles. The Balaban J connectivity index is 1.29. The van der Waals surface area contributed by atoms with Crippen LogP contribution in [0, 0.1) is 0 Å². The summed E-state index contributed by atoms with van der Waals surface area (Å²) in [6.45, 7) is 3.55. The molecule has 0 spiro atoms. The van der Waals surface area contributed by atoms with Gasteiger partial charge in [0, 0.05) is 50.1 Å². The summed E-state index contributed by atoms with van der Waals surface area (Å²) < 4.78 is 5.92. The molecule has 2 amide bonds. The molecule has 4 rings (SSSR count). The monoisotopic (exact) mass is 457 g/mol. The van der Waals surface area contributed by atoms with E-state index in [1.54, 1.807) is 17.0 Å². The number of rotatable bonds is 5. The molecule has 7 nitrogen and oxygen atoms in total. The van der Waals surface area contributed by atoms with Crippen molar-refractivity contribution < 1.29 is 9.53 Å². The summed E-state index contributed by atoms with van der Waals surface area (Å²) >= 11 is 11.9. The molecule has 2 aromatic carbocycles. The molecule has 0 unspecified atom stereocenters. The summed E-state index contributed by atoms with van der Waals surface area (Å²) in [5.74, 6) is 1.79.